The van der Waals surface area contributed by atoms with Gasteiger partial charge in [-0.3, -0.25) is 0 Å². The average molecular weight is 814 g/mol. The van der Waals surface area contributed by atoms with E-state index in [9.17, 15) is 0 Å². The van der Waals surface area contributed by atoms with Crippen LogP contribution in [0.25, 0.3) is 66.1 Å². The molecular formula is C63H43N. The van der Waals surface area contributed by atoms with Crippen LogP contribution in [0.5, 0.6) is 0 Å². The maximum absolute atomic E-state index is 2.42. The summed E-state index contributed by atoms with van der Waals surface area (Å²) in [6.07, 6.45) is 0. The third-order valence-corrected chi connectivity index (χ3v) is 13.4. The molecule has 0 N–H and O–H groups in total. The topological polar surface area (TPSA) is 3.24 Å². The van der Waals surface area contributed by atoms with Crippen molar-refractivity contribution >= 4 is 38.6 Å². The first-order chi connectivity index (χ1) is 31.7. The third kappa shape index (κ3) is 6.16. The maximum Gasteiger partial charge on any atom is 0.0713 e. The SMILES string of the molecule is c1ccc(-c2ccc(N(c3ccc(-c4cc5ccccc5c5ccccc45)cc3)c3ccc4c(c3)-c3ccccc3C4(c3ccccc3)c3ccc(-c4ccccc4)cc3)cc2)cc1. The second-order valence-corrected chi connectivity index (χ2v) is 16.8. The minimum Gasteiger partial charge on any atom is -0.310 e. The Hall–Kier alpha value is -8.26. The molecule has 1 nitrogen and oxygen atoms in total. The molecule has 0 heterocycles. The van der Waals surface area contributed by atoms with Crippen LogP contribution >= 0.6 is 0 Å². The van der Waals surface area contributed by atoms with Gasteiger partial charge in [-0.15, -0.1) is 0 Å². The van der Waals surface area contributed by atoms with E-state index in [4.69, 9.17) is 0 Å². The van der Waals surface area contributed by atoms with E-state index in [1.54, 1.807) is 0 Å². The summed E-state index contributed by atoms with van der Waals surface area (Å²) in [4.78, 5) is 2.41. The van der Waals surface area contributed by atoms with Gasteiger partial charge < -0.3 is 4.90 Å². The predicted octanol–water partition coefficient (Wildman–Crippen LogP) is 16.8. The highest BCUT2D eigenvalue weighted by Crippen LogP contribution is 2.57. The molecule has 0 fully saturated rings. The molecule has 0 amide bonds. The number of anilines is 3. The van der Waals surface area contributed by atoms with Crippen molar-refractivity contribution < 1.29 is 0 Å². The van der Waals surface area contributed by atoms with Crippen LogP contribution < -0.4 is 4.90 Å². The maximum atomic E-state index is 2.42. The fourth-order valence-electron chi connectivity index (χ4n) is 10.4. The zero-order valence-corrected chi connectivity index (χ0v) is 35.3. The highest BCUT2D eigenvalue weighted by molar-refractivity contribution is 6.13. The summed E-state index contributed by atoms with van der Waals surface area (Å²) in [5.41, 5.74) is 17.6. The lowest BCUT2D eigenvalue weighted by Crippen LogP contribution is -2.28. The van der Waals surface area contributed by atoms with Crippen molar-refractivity contribution in [1.29, 1.82) is 0 Å². The van der Waals surface area contributed by atoms with Crippen molar-refractivity contribution in [2.75, 3.05) is 4.90 Å². The monoisotopic (exact) mass is 813 g/mol. The molecule has 0 spiro atoms. The molecule has 1 aliphatic rings. The van der Waals surface area contributed by atoms with Crippen LogP contribution in [0.4, 0.5) is 17.1 Å². The van der Waals surface area contributed by atoms with Gasteiger partial charge in [-0.1, -0.05) is 218 Å². The molecule has 1 atom stereocenters. The Morgan fingerprint density at radius 1 is 0.250 bits per heavy atom. The van der Waals surface area contributed by atoms with Gasteiger partial charge in [0.05, 0.1) is 5.41 Å². The van der Waals surface area contributed by atoms with Crippen molar-refractivity contribution in [2.24, 2.45) is 0 Å². The van der Waals surface area contributed by atoms with Crippen LogP contribution in [0.15, 0.2) is 261 Å². The molecule has 0 aromatic heterocycles. The third-order valence-electron chi connectivity index (χ3n) is 13.4. The van der Waals surface area contributed by atoms with Crippen LogP contribution in [-0.2, 0) is 5.41 Å². The van der Waals surface area contributed by atoms with Gasteiger partial charge in [0.2, 0.25) is 0 Å². The van der Waals surface area contributed by atoms with Gasteiger partial charge in [0.25, 0.3) is 0 Å². The minimum atomic E-state index is -0.507. The van der Waals surface area contributed by atoms with Gasteiger partial charge in [-0.05, 0) is 131 Å². The molecule has 300 valence electrons. The Bertz CT molecular complexity index is 3450. The number of fused-ring (bicyclic) bond motifs is 6. The van der Waals surface area contributed by atoms with E-state index in [1.165, 1.54) is 88.3 Å². The molecule has 12 rings (SSSR count). The van der Waals surface area contributed by atoms with E-state index in [1.807, 2.05) is 0 Å². The number of hydrogen-bond acceptors (Lipinski definition) is 1. The Kier molecular flexibility index (Phi) is 9.13. The summed E-state index contributed by atoms with van der Waals surface area (Å²) in [5.74, 6) is 0. The summed E-state index contributed by atoms with van der Waals surface area (Å²) in [6, 6.07) is 95.8. The first-order valence-corrected chi connectivity index (χ1v) is 22.2. The van der Waals surface area contributed by atoms with Crippen LogP contribution in [0.1, 0.15) is 22.3 Å². The zero-order valence-electron chi connectivity index (χ0n) is 35.3. The molecule has 64 heavy (non-hydrogen) atoms. The van der Waals surface area contributed by atoms with Gasteiger partial charge in [0.1, 0.15) is 0 Å². The van der Waals surface area contributed by atoms with Crippen molar-refractivity contribution in [1.82, 2.24) is 0 Å². The zero-order chi connectivity index (χ0) is 42.5. The van der Waals surface area contributed by atoms with Crippen LogP contribution in [0.2, 0.25) is 0 Å². The second kappa shape index (κ2) is 15.6. The molecule has 0 radical (unpaired) electrons. The van der Waals surface area contributed by atoms with E-state index >= 15 is 0 Å². The summed E-state index contributed by atoms with van der Waals surface area (Å²) in [7, 11) is 0. The highest BCUT2D eigenvalue weighted by Gasteiger charge is 2.46. The van der Waals surface area contributed by atoms with E-state index in [-0.39, 0.29) is 0 Å². The standard InChI is InChI=1S/C63H43N/c1-4-16-44(17-5-1)46-28-34-51(35-29-46)63(50-21-8-3-9-22-50)61-27-15-14-26-58(61)60-43-54(40-41-62(60)63)64(52-36-30-47(31-37-52)45-18-6-2-7-19-45)53-38-32-48(33-39-53)59-42-49-20-10-11-23-55(49)56-24-12-13-25-57(56)59/h1-43H. The fourth-order valence-corrected chi connectivity index (χ4v) is 10.4. The lowest BCUT2D eigenvalue weighted by atomic mass is 9.67. The summed E-state index contributed by atoms with van der Waals surface area (Å²) >= 11 is 0. The number of hydrogen-bond donors (Lipinski definition) is 0. The van der Waals surface area contributed by atoms with Crippen LogP contribution in [0.3, 0.4) is 0 Å². The smallest absolute Gasteiger partial charge is 0.0713 e. The summed E-state index contributed by atoms with van der Waals surface area (Å²) in [5, 5.41) is 5.06. The summed E-state index contributed by atoms with van der Waals surface area (Å²) in [6.45, 7) is 0. The van der Waals surface area contributed by atoms with Gasteiger partial charge in [0.15, 0.2) is 0 Å². The average Bonchev–Trinajstić information content (AvgIpc) is 3.68. The highest BCUT2D eigenvalue weighted by atomic mass is 15.1. The van der Waals surface area contributed by atoms with Crippen LogP contribution in [-0.4, -0.2) is 0 Å². The van der Waals surface area contributed by atoms with Crippen LogP contribution in [0, 0.1) is 0 Å². The van der Waals surface area contributed by atoms with Crippen molar-refractivity contribution in [2.45, 2.75) is 5.41 Å². The quantitative estimate of drug-likeness (QED) is 0.138. The Morgan fingerprint density at radius 3 is 1.36 bits per heavy atom. The summed E-state index contributed by atoms with van der Waals surface area (Å²) < 4.78 is 0. The Morgan fingerprint density at radius 2 is 0.703 bits per heavy atom. The van der Waals surface area contributed by atoms with Gasteiger partial charge in [-0.25, -0.2) is 0 Å². The number of nitrogens with zero attached hydrogens (tertiary/aromatic N) is 1. The molecule has 11 aromatic carbocycles. The first kappa shape index (κ1) is 37.5. The molecule has 0 saturated carbocycles. The lowest BCUT2D eigenvalue weighted by molar-refractivity contribution is 0.768. The Balaban J connectivity index is 1.02. The minimum absolute atomic E-state index is 0.507. The van der Waals surface area contributed by atoms with Gasteiger partial charge in [0, 0.05) is 17.1 Å². The van der Waals surface area contributed by atoms with E-state index in [0.717, 1.165) is 17.1 Å². The fraction of sp³-hybridized carbons (Fsp3) is 0.0159. The van der Waals surface area contributed by atoms with E-state index < -0.39 is 5.41 Å². The Labute approximate surface area is 374 Å². The molecule has 1 aliphatic carbocycles. The molecule has 1 heteroatoms. The number of rotatable bonds is 8. The molecule has 1 unspecified atom stereocenters. The number of benzene rings is 11. The molecular weight excluding hydrogens is 771 g/mol. The molecule has 0 saturated heterocycles. The molecule has 0 aliphatic heterocycles. The van der Waals surface area contributed by atoms with Gasteiger partial charge in [-0.2, -0.15) is 0 Å². The van der Waals surface area contributed by atoms with E-state index in [0.29, 0.717) is 0 Å². The largest absolute Gasteiger partial charge is 0.310 e. The van der Waals surface area contributed by atoms with Crippen molar-refractivity contribution in [3.05, 3.63) is 283 Å². The first-order valence-electron chi connectivity index (χ1n) is 22.2. The second-order valence-electron chi connectivity index (χ2n) is 16.8. The normalized spacial score (nSPS) is 14.0. The predicted molar refractivity (Wildman–Crippen MR) is 270 cm³/mol. The molecule has 11 aromatic rings. The molecule has 0 bridgehead atoms. The van der Waals surface area contributed by atoms with Gasteiger partial charge >= 0.3 is 0 Å². The van der Waals surface area contributed by atoms with E-state index in [2.05, 4.69) is 266 Å². The van der Waals surface area contributed by atoms with Crippen molar-refractivity contribution in [3.8, 4) is 44.5 Å². The lowest BCUT2D eigenvalue weighted by Gasteiger charge is -2.34. The van der Waals surface area contributed by atoms with Crippen molar-refractivity contribution in [3.63, 3.8) is 0 Å².